The minimum absolute atomic E-state index is 0.107. The van der Waals surface area contributed by atoms with Gasteiger partial charge >= 0.3 is 0 Å². The van der Waals surface area contributed by atoms with Crippen LogP contribution in [0.4, 0.5) is 0 Å². The van der Waals surface area contributed by atoms with Gasteiger partial charge in [0, 0.05) is 11.6 Å². The Balaban J connectivity index is 1.43. The number of nitrogens with zero attached hydrogens (tertiary/aromatic N) is 3. The Morgan fingerprint density at radius 2 is 1.81 bits per heavy atom. The van der Waals surface area contributed by atoms with E-state index < -0.39 is 0 Å². The monoisotopic (exact) mass is 434 g/mol. The van der Waals surface area contributed by atoms with E-state index in [9.17, 15) is 9.59 Å². The van der Waals surface area contributed by atoms with Crippen LogP contribution in [0.1, 0.15) is 22.4 Å². The lowest BCUT2D eigenvalue weighted by atomic mass is 10.1. The molecular weight excluding hydrogens is 412 g/mol. The normalized spacial score (nSPS) is 10.9. The average molecular weight is 435 g/mol. The maximum absolute atomic E-state index is 12.5. The van der Waals surface area contributed by atoms with Crippen LogP contribution in [0.15, 0.2) is 53.3 Å². The van der Waals surface area contributed by atoms with E-state index >= 15 is 0 Å². The summed E-state index contributed by atoms with van der Waals surface area (Å²) >= 11 is 1.33. The molecule has 4 aromatic rings. The van der Waals surface area contributed by atoms with E-state index in [1.54, 1.807) is 0 Å². The summed E-state index contributed by atoms with van der Waals surface area (Å²) in [4.78, 5) is 29.6. The van der Waals surface area contributed by atoms with Gasteiger partial charge in [-0.05, 0) is 38.0 Å². The molecule has 0 aliphatic rings. The van der Waals surface area contributed by atoms with Crippen LogP contribution in [0, 0.1) is 20.8 Å². The number of nitrogens with one attached hydrogen (secondary N) is 1. The fraction of sp³-hybridized carbons (Fsp3) is 0.217. The van der Waals surface area contributed by atoms with E-state index in [0.29, 0.717) is 21.4 Å². The van der Waals surface area contributed by atoms with Gasteiger partial charge in [0.25, 0.3) is 11.5 Å². The minimum atomic E-state index is -0.285. The molecule has 2 aromatic heterocycles. The van der Waals surface area contributed by atoms with Crippen LogP contribution in [0.3, 0.4) is 0 Å². The molecule has 0 atom stereocenters. The molecule has 8 heteroatoms. The molecular formula is C23H22N4O3S. The molecule has 0 aliphatic carbocycles. The van der Waals surface area contributed by atoms with Gasteiger partial charge in [-0.25, -0.2) is 4.98 Å². The second-order valence-corrected chi connectivity index (χ2v) is 8.34. The van der Waals surface area contributed by atoms with Crippen LogP contribution < -0.4 is 15.6 Å². The van der Waals surface area contributed by atoms with E-state index in [4.69, 9.17) is 4.74 Å². The first-order valence-corrected chi connectivity index (χ1v) is 10.6. The molecule has 0 radical (unpaired) electrons. The topological polar surface area (TPSA) is 85.6 Å². The van der Waals surface area contributed by atoms with Crippen LogP contribution in [-0.4, -0.2) is 27.1 Å². The second-order valence-electron chi connectivity index (χ2n) is 7.39. The molecule has 1 amide bonds. The van der Waals surface area contributed by atoms with Gasteiger partial charge in [-0.3, -0.25) is 9.59 Å². The summed E-state index contributed by atoms with van der Waals surface area (Å²) in [7, 11) is 0. The first kappa shape index (κ1) is 20.7. The molecule has 0 fully saturated rings. The lowest BCUT2D eigenvalue weighted by Gasteiger charge is -2.10. The molecule has 0 saturated heterocycles. The zero-order chi connectivity index (χ0) is 22.0. The molecule has 0 saturated carbocycles. The Labute approximate surface area is 183 Å². The van der Waals surface area contributed by atoms with Gasteiger partial charge in [0.05, 0.1) is 12.2 Å². The second kappa shape index (κ2) is 8.69. The Bertz CT molecular complexity index is 1310. The number of rotatable bonds is 6. The number of carbonyl (C=O) groups is 1. The predicted molar refractivity (Wildman–Crippen MR) is 121 cm³/mol. The molecule has 158 valence electrons. The number of ether oxygens (including phenoxy) is 1. The number of benzene rings is 2. The molecule has 0 spiro atoms. The van der Waals surface area contributed by atoms with Crippen molar-refractivity contribution in [3.8, 4) is 16.3 Å². The lowest BCUT2D eigenvalue weighted by Crippen LogP contribution is -2.29. The molecule has 4 rings (SSSR count). The zero-order valence-electron chi connectivity index (χ0n) is 17.5. The summed E-state index contributed by atoms with van der Waals surface area (Å²) in [5, 5.41) is 7.84. The summed E-state index contributed by atoms with van der Waals surface area (Å²) in [6.07, 6.45) is 0. The number of aromatic nitrogens is 3. The molecule has 0 aliphatic heterocycles. The summed E-state index contributed by atoms with van der Waals surface area (Å²) in [6.45, 7) is 5.94. The van der Waals surface area contributed by atoms with Gasteiger partial charge in [-0.15, -0.1) is 0 Å². The number of amides is 1. The van der Waals surface area contributed by atoms with E-state index in [1.807, 2.05) is 63.2 Å². The Morgan fingerprint density at radius 1 is 1.06 bits per heavy atom. The maximum atomic E-state index is 12.5. The highest BCUT2D eigenvalue weighted by Gasteiger charge is 2.12. The van der Waals surface area contributed by atoms with Gasteiger partial charge < -0.3 is 10.1 Å². The van der Waals surface area contributed by atoms with Crippen LogP contribution in [0.25, 0.3) is 15.5 Å². The van der Waals surface area contributed by atoms with Crippen LogP contribution in [0.2, 0.25) is 0 Å². The first-order valence-electron chi connectivity index (χ1n) is 9.82. The minimum Gasteiger partial charge on any atom is -0.483 e. The maximum Gasteiger partial charge on any atom is 0.275 e. The number of hydrogen-bond donors (Lipinski definition) is 1. The standard InChI is InChI=1S/C23H22N4O3S/c1-14-5-8-17(9-6-14)22-26-27-21(29)11-18(25-23(27)31-22)12-24-20(28)13-30-19-10-15(2)4-7-16(19)3/h4-11H,12-13H2,1-3H3,(H,24,28). The quantitative estimate of drug-likeness (QED) is 0.502. The molecule has 2 aromatic carbocycles. The van der Waals surface area contributed by atoms with Crippen molar-refractivity contribution in [1.82, 2.24) is 19.9 Å². The van der Waals surface area contributed by atoms with Crippen molar-refractivity contribution in [3.05, 3.63) is 81.3 Å². The number of fused-ring (bicyclic) bond motifs is 1. The summed E-state index contributed by atoms with van der Waals surface area (Å²) < 4.78 is 6.90. The molecule has 1 N–H and O–H groups in total. The molecule has 7 nitrogen and oxygen atoms in total. The van der Waals surface area contributed by atoms with Crippen LogP contribution in [-0.2, 0) is 11.3 Å². The Morgan fingerprint density at radius 3 is 2.58 bits per heavy atom. The van der Waals surface area contributed by atoms with E-state index in [0.717, 1.165) is 22.3 Å². The van der Waals surface area contributed by atoms with Crippen LogP contribution in [0.5, 0.6) is 5.75 Å². The molecule has 0 unspecified atom stereocenters. The van der Waals surface area contributed by atoms with Crippen molar-refractivity contribution >= 4 is 22.2 Å². The highest BCUT2D eigenvalue weighted by atomic mass is 32.1. The molecule has 31 heavy (non-hydrogen) atoms. The number of hydrogen-bond acceptors (Lipinski definition) is 6. The van der Waals surface area contributed by atoms with Gasteiger partial charge in [-0.1, -0.05) is 53.3 Å². The van der Waals surface area contributed by atoms with Crippen molar-refractivity contribution in [2.75, 3.05) is 6.61 Å². The third-order valence-electron chi connectivity index (χ3n) is 4.77. The predicted octanol–water partition coefficient (Wildman–Crippen LogP) is 3.44. The third-order valence-corrected chi connectivity index (χ3v) is 5.72. The highest BCUT2D eigenvalue weighted by Crippen LogP contribution is 2.24. The van der Waals surface area contributed by atoms with E-state index in [1.165, 1.54) is 21.9 Å². The van der Waals surface area contributed by atoms with Crippen molar-refractivity contribution in [3.63, 3.8) is 0 Å². The van der Waals surface area contributed by atoms with Gasteiger partial charge in [0.2, 0.25) is 4.96 Å². The zero-order valence-corrected chi connectivity index (χ0v) is 18.3. The number of carbonyl (C=O) groups excluding carboxylic acids is 1. The fourth-order valence-electron chi connectivity index (χ4n) is 3.01. The third kappa shape index (κ3) is 4.80. The lowest BCUT2D eigenvalue weighted by molar-refractivity contribution is -0.123. The first-order chi connectivity index (χ1) is 14.9. The highest BCUT2D eigenvalue weighted by molar-refractivity contribution is 7.19. The number of aryl methyl sites for hydroxylation is 3. The molecule has 0 bridgehead atoms. The average Bonchev–Trinajstić information content (AvgIpc) is 3.18. The summed E-state index contributed by atoms with van der Waals surface area (Å²) in [5.74, 6) is 0.397. The largest absolute Gasteiger partial charge is 0.483 e. The van der Waals surface area contributed by atoms with Gasteiger partial charge in [0.1, 0.15) is 10.8 Å². The van der Waals surface area contributed by atoms with Crippen molar-refractivity contribution in [2.45, 2.75) is 27.3 Å². The van der Waals surface area contributed by atoms with E-state index in [-0.39, 0.29) is 24.6 Å². The summed E-state index contributed by atoms with van der Waals surface area (Å²) in [5.41, 5.74) is 4.31. The van der Waals surface area contributed by atoms with Gasteiger partial charge in [-0.2, -0.15) is 9.61 Å². The van der Waals surface area contributed by atoms with E-state index in [2.05, 4.69) is 15.4 Å². The Hall–Kier alpha value is -3.52. The smallest absolute Gasteiger partial charge is 0.275 e. The summed E-state index contributed by atoms with van der Waals surface area (Å²) in [6, 6.07) is 15.2. The SMILES string of the molecule is Cc1ccc(-c2nn3c(=O)cc(CNC(=O)COc4cc(C)ccc4C)nc3s2)cc1. The van der Waals surface area contributed by atoms with Crippen LogP contribution >= 0.6 is 11.3 Å². The molecule has 2 heterocycles. The van der Waals surface area contributed by atoms with Crippen molar-refractivity contribution < 1.29 is 9.53 Å². The van der Waals surface area contributed by atoms with Gasteiger partial charge in [0.15, 0.2) is 6.61 Å². The van der Waals surface area contributed by atoms with Crippen molar-refractivity contribution in [1.29, 1.82) is 0 Å². The Kier molecular flexibility index (Phi) is 5.81. The van der Waals surface area contributed by atoms with Crippen molar-refractivity contribution in [2.24, 2.45) is 0 Å². The fourth-order valence-corrected chi connectivity index (χ4v) is 3.94.